The number of nitrogens with one attached hydrogen (secondary N) is 1. The molecule has 0 saturated heterocycles. The number of carbonyl (C=O) groups is 2. The fraction of sp³-hybridized carbons (Fsp3) is 0.167. The van der Waals surface area contributed by atoms with Crippen molar-refractivity contribution in [2.45, 2.75) is 19.0 Å². The number of furan rings is 3. The molecule has 0 radical (unpaired) electrons. The van der Waals surface area contributed by atoms with Crippen LogP contribution in [-0.4, -0.2) is 18.8 Å². The Bertz CT molecular complexity index is 731. The van der Waals surface area contributed by atoms with Gasteiger partial charge in [0.05, 0.1) is 25.2 Å². The van der Waals surface area contributed by atoms with E-state index in [4.69, 9.17) is 41.7 Å². The summed E-state index contributed by atoms with van der Waals surface area (Å²) in [6.45, 7) is 0.738. The van der Waals surface area contributed by atoms with Crippen LogP contribution in [0, 0.1) is 5.41 Å². The largest absolute Gasteiger partial charge is 0.459 e. The van der Waals surface area contributed by atoms with Gasteiger partial charge in [0.25, 0.3) is 0 Å². The third-order valence-corrected chi connectivity index (χ3v) is 3.22. The van der Waals surface area contributed by atoms with E-state index in [9.17, 15) is 9.59 Å². The zero-order chi connectivity index (χ0) is 20.1. The SMILES string of the molecule is N.N=Cc1ccc(CN)o1.NCc1ccc(C=O)o1.O=Cc1ccc(CCl)o1. The first-order valence-electron chi connectivity index (χ1n) is 7.73. The number of hydrogen-bond acceptors (Lipinski definition) is 9. The smallest absolute Gasteiger partial charge is 0.185 e. The van der Waals surface area contributed by atoms with Crippen molar-refractivity contribution in [1.29, 1.82) is 5.41 Å². The van der Waals surface area contributed by atoms with E-state index in [1.54, 1.807) is 36.4 Å². The molecule has 3 rings (SSSR count). The number of rotatable bonds is 6. The van der Waals surface area contributed by atoms with Crippen molar-refractivity contribution in [2.75, 3.05) is 0 Å². The Labute approximate surface area is 166 Å². The van der Waals surface area contributed by atoms with Crippen molar-refractivity contribution < 1.29 is 22.8 Å². The molecule has 0 unspecified atom stereocenters. The van der Waals surface area contributed by atoms with Gasteiger partial charge >= 0.3 is 0 Å². The Hall–Kier alpha value is -2.98. The van der Waals surface area contributed by atoms with Crippen LogP contribution in [0.5, 0.6) is 0 Å². The highest BCUT2D eigenvalue weighted by Crippen LogP contribution is 2.07. The molecule has 3 aromatic heterocycles. The first kappa shape index (κ1) is 25.0. The molecule has 0 bridgehead atoms. The van der Waals surface area contributed by atoms with Gasteiger partial charge in [-0.15, -0.1) is 11.6 Å². The standard InChI is InChI=1S/C6H5ClO2.C6H8N2O.C6H7NO2.H3N/c3*7-3-5-1-2-6(4-8)9-5;/h1-2,4H,3H2;1-3,7H,4,8H2;1-2,4H,3,7H2;1H3. The summed E-state index contributed by atoms with van der Waals surface area (Å²) in [6.07, 6.45) is 2.45. The third kappa shape index (κ3) is 8.60. The molecule has 152 valence electrons. The lowest BCUT2D eigenvalue weighted by atomic mass is 10.4. The van der Waals surface area contributed by atoms with Crippen LogP contribution in [0.2, 0.25) is 0 Å². The molecule has 0 saturated carbocycles. The third-order valence-electron chi connectivity index (χ3n) is 2.96. The van der Waals surface area contributed by atoms with E-state index in [1.807, 2.05) is 0 Å². The number of nitrogens with two attached hydrogens (primary N) is 2. The fourth-order valence-corrected chi connectivity index (χ4v) is 1.82. The van der Waals surface area contributed by atoms with Crippen LogP contribution in [-0.2, 0) is 19.0 Å². The van der Waals surface area contributed by atoms with Crippen molar-refractivity contribution in [1.82, 2.24) is 6.15 Å². The predicted octanol–water partition coefficient (Wildman–Crippen LogP) is 3.28. The lowest BCUT2D eigenvalue weighted by molar-refractivity contribution is 0.109. The highest BCUT2D eigenvalue weighted by atomic mass is 35.5. The average Bonchev–Trinajstić information content (AvgIpc) is 3.48. The molecule has 3 aromatic rings. The maximum Gasteiger partial charge on any atom is 0.185 e. The van der Waals surface area contributed by atoms with Gasteiger partial charge in [-0.2, -0.15) is 0 Å². The second kappa shape index (κ2) is 14.1. The van der Waals surface area contributed by atoms with Crippen molar-refractivity contribution in [2.24, 2.45) is 11.5 Å². The molecular formula is C18H23ClN4O5. The van der Waals surface area contributed by atoms with Gasteiger partial charge in [0.2, 0.25) is 0 Å². The Balaban J connectivity index is 0.000000384. The maximum atomic E-state index is 10.0. The van der Waals surface area contributed by atoms with Gasteiger partial charge in [0, 0.05) is 0 Å². The molecule has 0 aliphatic rings. The van der Waals surface area contributed by atoms with E-state index < -0.39 is 0 Å². The molecule has 0 spiro atoms. The summed E-state index contributed by atoms with van der Waals surface area (Å²) in [5, 5.41) is 6.77. The summed E-state index contributed by atoms with van der Waals surface area (Å²) in [7, 11) is 0. The van der Waals surface area contributed by atoms with Crippen molar-refractivity contribution in [3.8, 4) is 0 Å². The van der Waals surface area contributed by atoms with Gasteiger partial charge in [0.1, 0.15) is 23.0 Å². The van der Waals surface area contributed by atoms with Crippen LogP contribution < -0.4 is 17.6 Å². The molecular weight excluding hydrogens is 388 g/mol. The molecule has 0 fully saturated rings. The van der Waals surface area contributed by atoms with Gasteiger partial charge in [-0.1, -0.05) is 0 Å². The van der Waals surface area contributed by atoms with E-state index in [0.717, 1.165) is 6.21 Å². The minimum Gasteiger partial charge on any atom is -0.459 e. The van der Waals surface area contributed by atoms with Gasteiger partial charge in [0.15, 0.2) is 24.1 Å². The molecule has 3 heterocycles. The van der Waals surface area contributed by atoms with E-state index in [0.29, 0.717) is 66.1 Å². The Kier molecular flexibility index (Phi) is 12.6. The normalized spacial score (nSPS) is 9.11. The molecule has 28 heavy (non-hydrogen) atoms. The molecule has 0 atom stereocenters. The van der Waals surface area contributed by atoms with Crippen molar-refractivity contribution in [3.63, 3.8) is 0 Å². The van der Waals surface area contributed by atoms with Crippen LogP contribution in [0.1, 0.15) is 44.2 Å². The monoisotopic (exact) mass is 410 g/mol. The van der Waals surface area contributed by atoms with Crippen LogP contribution in [0.15, 0.2) is 49.6 Å². The highest BCUT2D eigenvalue weighted by molar-refractivity contribution is 6.16. The van der Waals surface area contributed by atoms with Gasteiger partial charge in [-0.3, -0.25) is 9.59 Å². The summed E-state index contributed by atoms with van der Waals surface area (Å²) < 4.78 is 14.8. The molecule has 0 aliphatic carbocycles. The number of alkyl halides is 1. The Morgan fingerprint density at radius 1 is 0.786 bits per heavy atom. The summed E-state index contributed by atoms with van der Waals surface area (Å²) in [4.78, 5) is 20.0. The second-order valence-electron chi connectivity index (χ2n) is 4.83. The lowest BCUT2D eigenvalue weighted by Gasteiger charge is -1.83. The Morgan fingerprint density at radius 3 is 1.43 bits per heavy atom. The summed E-state index contributed by atoms with van der Waals surface area (Å²) >= 11 is 5.39. The maximum absolute atomic E-state index is 10.0. The quantitative estimate of drug-likeness (QED) is 0.270. The van der Waals surface area contributed by atoms with Crippen molar-refractivity contribution >= 4 is 30.4 Å². The summed E-state index contributed by atoms with van der Waals surface area (Å²) in [5.41, 5.74) is 10.5. The van der Waals surface area contributed by atoms with Crippen LogP contribution in [0.25, 0.3) is 0 Å². The van der Waals surface area contributed by atoms with Crippen molar-refractivity contribution in [3.05, 3.63) is 71.0 Å². The molecule has 9 nitrogen and oxygen atoms in total. The number of aldehydes is 2. The van der Waals surface area contributed by atoms with E-state index in [1.165, 1.54) is 0 Å². The number of carbonyl (C=O) groups excluding carboxylic acids is 2. The highest BCUT2D eigenvalue weighted by Gasteiger charge is 1.97. The molecule has 10 heteroatoms. The number of halogens is 1. The van der Waals surface area contributed by atoms with Gasteiger partial charge in [-0.05, 0) is 36.4 Å². The zero-order valence-corrected chi connectivity index (χ0v) is 15.9. The second-order valence-corrected chi connectivity index (χ2v) is 5.10. The fourth-order valence-electron chi connectivity index (χ4n) is 1.68. The molecule has 0 amide bonds. The average molecular weight is 411 g/mol. The van der Waals surface area contributed by atoms with Gasteiger partial charge in [-0.25, -0.2) is 0 Å². The lowest BCUT2D eigenvalue weighted by Crippen LogP contribution is -1.92. The molecule has 0 aliphatic heterocycles. The minimum atomic E-state index is 0. The predicted molar refractivity (Wildman–Crippen MR) is 105 cm³/mol. The molecule has 0 aromatic carbocycles. The van der Waals surface area contributed by atoms with Crippen LogP contribution in [0.4, 0.5) is 0 Å². The summed E-state index contributed by atoms with van der Waals surface area (Å²) in [5.74, 6) is 3.49. The van der Waals surface area contributed by atoms with Crippen LogP contribution in [0.3, 0.4) is 0 Å². The first-order valence-corrected chi connectivity index (χ1v) is 8.26. The molecule has 8 N–H and O–H groups in total. The summed E-state index contributed by atoms with van der Waals surface area (Å²) in [6, 6.07) is 10.0. The first-order chi connectivity index (χ1) is 13.1. The van der Waals surface area contributed by atoms with E-state index >= 15 is 0 Å². The van der Waals surface area contributed by atoms with E-state index in [-0.39, 0.29) is 6.15 Å². The Morgan fingerprint density at radius 2 is 1.18 bits per heavy atom. The van der Waals surface area contributed by atoms with Crippen LogP contribution >= 0.6 is 11.6 Å². The van der Waals surface area contributed by atoms with Gasteiger partial charge < -0.3 is 36.3 Å². The van der Waals surface area contributed by atoms with E-state index in [2.05, 4.69) is 0 Å². The minimum absolute atomic E-state index is 0. The zero-order valence-electron chi connectivity index (χ0n) is 15.1. The topological polar surface area (TPSA) is 184 Å². The number of hydrogen-bond donors (Lipinski definition) is 4.